The number of nitrogens with zero attached hydrogens (tertiary/aromatic N) is 3. The van der Waals surface area contributed by atoms with Gasteiger partial charge in [0.15, 0.2) is 5.82 Å². The molecule has 1 aromatic carbocycles. The number of imide groups is 1. The summed E-state index contributed by atoms with van der Waals surface area (Å²) in [7, 11) is -1.23. The number of rotatable bonds is 8. The van der Waals surface area contributed by atoms with Crippen molar-refractivity contribution >= 4 is 48.6 Å². The van der Waals surface area contributed by atoms with E-state index >= 15 is 0 Å². The lowest BCUT2D eigenvalue weighted by Gasteiger charge is -2.28. The summed E-state index contributed by atoms with van der Waals surface area (Å²) in [6.07, 6.45) is 3.13. The molecule has 6 nitrogen and oxygen atoms in total. The molecule has 1 aliphatic carbocycles. The van der Waals surface area contributed by atoms with Crippen molar-refractivity contribution in [2.24, 2.45) is 0 Å². The van der Waals surface area contributed by atoms with Crippen LogP contribution in [-0.4, -0.2) is 36.3 Å². The van der Waals surface area contributed by atoms with Gasteiger partial charge in [-0.15, -0.1) is 11.3 Å². The van der Waals surface area contributed by atoms with Crippen molar-refractivity contribution in [1.29, 1.82) is 0 Å². The summed E-state index contributed by atoms with van der Waals surface area (Å²) in [6.45, 7) is 7.87. The summed E-state index contributed by atoms with van der Waals surface area (Å²) < 4.78 is 8.56. The number of fused-ring (bicyclic) bond motifs is 1. The van der Waals surface area contributed by atoms with Crippen molar-refractivity contribution < 1.29 is 14.3 Å². The maximum atomic E-state index is 13.3. The molecular weight excluding hydrogens is 486 g/mol. The highest BCUT2D eigenvalue weighted by Crippen LogP contribution is 2.48. The van der Waals surface area contributed by atoms with Gasteiger partial charge in [-0.2, -0.15) is 5.10 Å². The number of thiophene rings is 1. The van der Waals surface area contributed by atoms with Gasteiger partial charge in [-0.3, -0.25) is 9.59 Å². The first-order valence-corrected chi connectivity index (χ1v) is 16.6. The predicted octanol–water partition coefficient (Wildman–Crippen LogP) is 6.65. The Kier molecular flexibility index (Phi) is 6.26. The van der Waals surface area contributed by atoms with Crippen LogP contribution < -0.4 is 4.90 Å². The molecule has 1 saturated carbocycles. The fourth-order valence-corrected chi connectivity index (χ4v) is 6.27. The Morgan fingerprint density at radius 2 is 1.76 bits per heavy atom. The van der Waals surface area contributed by atoms with Crippen molar-refractivity contribution in [2.45, 2.75) is 57.6 Å². The van der Waals surface area contributed by atoms with Crippen molar-refractivity contribution in [3.05, 3.63) is 57.4 Å². The molecule has 2 aliphatic rings. The molecule has 9 heteroatoms. The normalized spacial score (nSPS) is 16.3. The average molecular weight is 514 g/mol. The maximum Gasteiger partial charge on any atom is 0.267 e. The van der Waals surface area contributed by atoms with Gasteiger partial charge in [-0.1, -0.05) is 49.8 Å². The van der Waals surface area contributed by atoms with Gasteiger partial charge in [0.2, 0.25) is 0 Å². The molecule has 3 aromatic rings. The summed E-state index contributed by atoms with van der Waals surface area (Å²) >= 11 is 7.78. The van der Waals surface area contributed by atoms with Crippen LogP contribution in [0, 0.1) is 0 Å². The average Bonchev–Trinajstić information content (AvgIpc) is 3.39. The second-order valence-corrected chi connectivity index (χ2v) is 17.5. The fraction of sp³-hybridized carbons (Fsp3) is 0.400. The fourth-order valence-electron chi connectivity index (χ4n) is 4.41. The van der Waals surface area contributed by atoms with Crippen LogP contribution >= 0.6 is 22.9 Å². The van der Waals surface area contributed by atoms with Gasteiger partial charge >= 0.3 is 0 Å². The third-order valence-corrected chi connectivity index (χ3v) is 9.45. The lowest BCUT2D eigenvalue weighted by atomic mass is 9.79. The Labute approximate surface area is 209 Å². The molecule has 0 saturated heterocycles. The molecule has 1 fully saturated rings. The minimum absolute atomic E-state index is 0.242. The molecule has 0 N–H and O–H groups in total. The van der Waals surface area contributed by atoms with Gasteiger partial charge in [0.05, 0.1) is 26.0 Å². The molecule has 0 spiro atoms. The summed E-state index contributed by atoms with van der Waals surface area (Å²) in [4.78, 5) is 28.9. The number of hydrogen-bond acceptors (Lipinski definition) is 5. The maximum absolute atomic E-state index is 13.3. The first-order valence-electron chi connectivity index (χ1n) is 11.7. The first-order chi connectivity index (χ1) is 16.2. The zero-order chi connectivity index (χ0) is 24.0. The van der Waals surface area contributed by atoms with Gasteiger partial charge in [0.1, 0.15) is 6.73 Å². The van der Waals surface area contributed by atoms with Gasteiger partial charge in [-0.25, -0.2) is 9.58 Å². The molecule has 0 bridgehead atoms. The van der Waals surface area contributed by atoms with Gasteiger partial charge in [0.25, 0.3) is 11.8 Å². The van der Waals surface area contributed by atoms with Crippen LogP contribution in [0.2, 0.25) is 30.0 Å². The number of anilines is 1. The number of amides is 2. The minimum atomic E-state index is -1.23. The van der Waals surface area contributed by atoms with Crippen molar-refractivity contribution in [3.8, 4) is 10.6 Å². The van der Waals surface area contributed by atoms with Crippen LogP contribution in [0.3, 0.4) is 0 Å². The largest absolute Gasteiger partial charge is 0.360 e. The van der Waals surface area contributed by atoms with E-state index < -0.39 is 8.07 Å². The topological polar surface area (TPSA) is 64.4 Å². The zero-order valence-corrected chi connectivity index (χ0v) is 22.2. The van der Waals surface area contributed by atoms with Crippen LogP contribution in [0.15, 0.2) is 36.4 Å². The highest BCUT2D eigenvalue weighted by molar-refractivity contribution is 7.19. The molecule has 0 radical (unpaired) electrons. The molecule has 5 rings (SSSR count). The number of carbonyl (C=O) groups is 2. The van der Waals surface area contributed by atoms with E-state index in [9.17, 15) is 9.59 Å². The second-order valence-electron chi connectivity index (χ2n) is 10.2. The minimum Gasteiger partial charge on any atom is -0.360 e. The van der Waals surface area contributed by atoms with Crippen molar-refractivity contribution in [2.75, 3.05) is 11.5 Å². The number of benzene rings is 1. The van der Waals surface area contributed by atoms with Crippen molar-refractivity contribution in [3.63, 3.8) is 0 Å². The van der Waals surface area contributed by atoms with Crippen LogP contribution in [0.5, 0.6) is 0 Å². The lowest BCUT2D eigenvalue weighted by Crippen LogP contribution is -2.31. The SMILES string of the molecule is C[Si](C)(C)CCOCn1nc(N2C(=O)c3ccccc3C2=O)c(C2CCC2)c1-c1ccc(Cl)s1. The summed E-state index contributed by atoms with van der Waals surface area (Å²) in [6, 6.07) is 11.9. The third-order valence-electron chi connectivity index (χ3n) is 6.51. The Balaban J connectivity index is 1.59. The van der Waals surface area contributed by atoms with E-state index in [2.05, 4.69) is 19.6 Å². The molecule has 1 aliphatic heterocycles. The van der Waals surface area contributed by atoms with E-state index in [4.69, 9.17) is 21.4 Å². The number of halogens is 1. The summed E-state index contributed by atoms with van der Waals surface area (Å²) in [5.74, 6) is 0.0395. The van der Waals surface area contributed by atoms with Gasteiger partial charge in [-0.05, 0) is 49.1 Å². The second kappa shape index (κ2) is 9.07. The first kappa shape index (κ1) is 23.5. The Bertz CT molecular complexity index is 1220. The van der Waals surface area contributed by atoms with E-state index in [1.807, 2.05) is 16.8 Å². The molecule has 2 aromatic heterocycles. The van der Waals surface area contributed by atoms with Crippen LogP contribution in [0.25, 0.3) is 10.6 Å². The molecule has 3 heterocycles. The van der Waals surface area contributed by atoms with E-state index in [1.165, 1.54) is 16.2 Å². The van der Waals surface area contributed by atoms with E-state index in [0.717, 1.165) is 41.4 Å². The Morgan fingerprint density at radius 3 is 2.29 bits per heavy atom. The summed E-state index contributed by atoms with van der Waals surface area (Å²) in [5.41, 5.74) is 2.71. The number of hydrogen-bond donors (Lipinski definition) is 0. The standard InChI is InChI=1S/C25H28ClN3O3SSi/c1-34(2,3)14-13-32-15-28-22(19-11-12-20(26)33-19)21(16-7-6-8-16)23(27-28)29-24(30)17-9-4-5-10-18(17)25(29)31/h4-5,9-12,16H,6-8,13-15H2,1-3H3. The molecule has 0 unspecified atom stereocenters. The van der Waals surface area contributed by atoms with E-state index in [1.54, 1.807) is 24.3 Å². The van der Waals surface area contributed by atoms with Gasteiger partial charge < -0.3 is 4.74 Å². The smallest absolute Gasteiger partial charge is 0.267 e. The Hall–Kier alpha value is -2.26. The molecule has 178 valence electrons. The highest BCUT2D eigenvalue weighted by atomic mass is 35.5. The molecule has 0 atom stereocenters. The van der Waals surface area contributed by atoms with Crippen molar-refractivity contribution in [1.82, 2.24) is 9.78 Å². The molecular formula is C25H28ClN3O3SSi. The number of carbonyl (C=O) groups excluding carboxylic acids is 2. The number of ether oxygens (including phenoxy) is 1. The Morgan fingerprint density at radius 1 is 1.09 bits per heavy atom. The monoisotopic (exact) mass is 513 g/mol. The van der Waals surface area contributed by atoms with Crippen LogP contribution in [0.1, 0.15) is 51.5 Å². The van der Waals surface area contributed by atoms with E-state index in [-0.39, 0.29) is 24.5 Å². The predicted molar refractivity (Wildman–Crippen MR) is 139 cm³/mol. The summed E-state index contributed by atoms with van der Waals surface area (Å²) in [5, 5.41) is 4.85. The van der Waals surface area contributed by atoms with Crippen LogP contribution in [0.4, 0.5) is 5.82 Å². The lowest BCUT2D eigenvalue weighted by molar-refractivity contribution is 0.0795. The third kappa shape index (κ3) is 4.28. The quantitative estimate of drug-likeness (QED) is 0.192. The van der Waals surface area contributed by atoms with Gasteiger partial charge in [0, 0.05) is 20.2 Å². The highest BCUT2D eigenvalue weighted by Gasteiger charge is 2.42. The van der Waals surface area contributed by atoms with Crippen LogP contribution in [-0.2, 0) is 11.5 Å². The number of aromatic nitrogens is 2. The van der Waals surface area contributed by atoms with E-state index in [0.29, 0.717) is 27.9 Å². The molecule has 34 heavy (non-hydrogen) atoms. The zero-order valence-electron chi connectivity index (χ0n) is 19.6. The molecule has 2 amide bonds.